The molecule has 4 nitrogen and oxygen atoms in total. The third kappa shape index (κ3) is 2.66. The highest BCUT2D eigenvalue weighted by Crippen LogP contribution is 2.34. The Hall–Kier alpha value is -1.50. The molecule has 0 atom stereocenters. The minimum Gasteiger partial charge on any atom is -0.396 e. The Kier molecular flexibility index (Phi) is 3.10. The van der Waals surface area contributed by atoms with E-state index in [-0.39, 0.29) is 17.9 Å². The molecule has 2 rings (SSSR count). The van der Waals surface area contributed by atoms with Gasteiger partial charge in [-0.1, -0.05) is 0 Å². The summed E-state index contributed by atoms with van der Waals surface area (Å²) in [6, 6.07) is 0.858. The second-order valence-corrected chi connectivity index (χ2v) is 4.59. The summed E-state index contributed by atoms with van der Waals surface area (Å²) in [5.41, 5.74) is 4.00. The number of rotatable bonds is 3. The summed E-state index contributed by atoms with van der Waals surface area (Å²) in [6.45, 7) is 0.193. The Morgan fingerprint density at radius 1 is 1.44 bits per heavy atom. The zero-order valence-electron chi connectivity index (χ0n) is 9.59. The van der Waals surface area contributed by atoms with Crippen molar-refractivity contribution in [2.75, 3.05) is 17.6 Å². The summed E-state index contributed by atoms with van der Waals surface area (Å²) in [6.07, 6.45) is -1.31. The molecule has 100 valence electrons. The molecule has 1 heterocycles. The van der Waals surface area contributed by atoms with E-state index in [1.165, 1.54) is 0 Å². The topological polar surface area (TPSA) is 71.2 Å². The van der Waals surface area contributed by atoms with E-state index in [4.69, 9.17) is 5.73 Å². The van der Waals surface area contributed by atoms with E-state index in [1.807, 2.05) is 0 Å². The molecule has 1 fully saturated rings. The number of aromatic nitrogens is 1. The van der Waals surface area contributed by atoms with Crippen LogP contribution in [-0.2, 0) is 6.18 Å². The molecule has 0 spiro atoms. The normalized spacial score (nSPS) is 18.2. The summed E-state index contributed by atoms with van der Waals surface area (Å²) in [7, 11) is 0. The fourth-order valence-electron chi connectivity index (χ4n) is 1.80. The first-order chi connectivity index (χ1) is 8.30. The van der Waals surface area contributed by atoms with Crippen LogP contribution in [0.3, 0.4) is 0 Å². The van der Waals surface area contributed by atoms with Crippen LogP contribution < -0.4 is 11.1 Å². The fraction of sp³-hybridized carbons (Fsp3) is 0.545. The maximum atomic E-state index is 12.5. The molecule has 0 unspecified atom stereocenters. The van der Waals surface area contributed by atoms with E-state index < -0.39 is 17.5 Å². The molecule has 0 saturated heterocycles. The molecule has 7 heteroatoms. The van der Waals surface area contributed by atoms with Crippen LogP contribution in [0.15, 0.2) is 12.3 Å². The molecule has 0 amide bonds. The minimum atomic E-state index is -4.50. The van der Waals surface area contributed by atoms with Crippen LogP contribution in [0, 0.1) is 0 Å². The summed E-state index contributed by atoms with van der Waals surface area (Å²) in [4.78, 5) is 3.24. The zero-order valence-corrected chi connectivity index (χ0v) is 9.59. The van der Waals surface area contributed by atoms with Crippen LogP contribution in [0.1, 0.15) is 25.0 Å². The Morgan fingerprint density at radius 3 is 2.61 bits per heavy atom. The number of aliphatic hydroxyl groups is 1. The average molecular weight is 261 g/mol. The molecule has 1 aromatic heterocycles. The van der Waals surface area contributed by atoms with Gasteiger partial charge in [0.1, 0.15) is 5.69 Å². The Morgan fingerprint density at radius 2 is 2.11 bits per heavy atom. The maximum absolute atomic E-state index is 12.5. The van der Waals surface area contributed by atoms with Crippen molar-refractivity contribution in [3.8, 4) is 0 Å². The second kappa shape index (κ2) is 4.31. The van der Waals surface area contributed by atoms with Gasteiger partial charge < -0.3 is 16.2 Å². The summed E-state index contributed by atoms with van der Waals surface area (Å²) < 4.78 is 37.4. The number of nitrogen functional groups attached to an aromatic ring is 1. The lowest BCUT2D eigenvalue weighted by Crippen LogP contribution is -2.43. The lowest BCUT2D eigenvalue weighted by molar-refractivity contribution is -0.141. The molecule has 0 aromatic carbocycles. The lowest BCUT2D eigenvalue weighted by Gasteiger charge is -2.37. The monoisotopic (exact) mass is 261 g/mol. The van der Waals surface area contributed by atoms with E-state index in [2.05, 4.69) is 10.3 Å². The molecular weight excluding hydrogens is 247 g/mol. The highest BCUT2D eigenvalue weighted by molar-refractivity contribution is 5.65. The van der Waals surface area contributed by atoms with Gasteiger partial charge in [-0.3, -0.25) is 0 Å². The molecule has 18 heavy (non-hydrogen) atoms. The summed E-state index contributed by atoms with van der Waals surface area (Å²) in [5, 5.41) is 12.6. The molecule has 1 aromatic rings. The van der Waals surface area contributed by atoms with E-state index >= 15 is 0 Å². The Labute approximate surface area is 102 Å². The maximum Gasteiger partial charge on any atom is 0.433 e. The first-order valence-corrected chi connectivity index (χ1v) is 5.59. The molecule has 1 aliphatic carbocycles. The van der Waals surface area contributed by atoms with Gasteiger partial charge in [0.2, 0.25) is 0 Å². The summed E-state index contributed by atoms with van der Waals surface area (Å²) >= 11 is 0. The SMILES string of the molecule is Nc1cnc(C(F)(F)F)cc1NCC1(O)CCC1. The number of anilines is 2. The molecular formula is C11H14F3N3O. The van der Waals surface area contributed by atoms with E-state index in [9.17, 15) is 18.3 Å². The van der Waals surface area contributed by atoms with Crippen molar-refractivity contribution in [2.24, 2.45) is 0 Å². The number of hydrogen-bond donors (Lipinski definition) is 3. The summed E-state index contributed by atoms with van der Waals surface area (Å²) in [5.74, 6) is 0. The quantitative estimate of drug-likeness (QED) is 0.778. The largest absolute Gasteiger partial charge is 0.433 e. The number of hydrogen-bond acceptors (Lipinski definition) is 4. The van der Waals surface area contributed by atoms with E-state index in [1.54, 1.807) is 0 Å². The number of nitrogens with one attached hydrogen (secondary N) is 1. The minimum absolute atomic E-state index is 0.130. The highest BCUT2D eigenvalue weighted by atomic mass is 19.4. The lowest BCUT2D eigenvalue weighted by atomic mass is 9.80. The van der Waals surface area contributed by atoms with Crippen LogP contribution in [0.25, 0.3) is 0 Å². The van der Waals surface area contributed by atoms with Crippen LogP contribution >= 0.6 is 0 Å². The van der Waals surface area contributed by atoms with Gasteiger partial charge in [-0.2, -0.15) is 13.2 Å². The van der Waals surface area contributed by atoms with Crippen molar-refractivity contribution < 1.29 is 18.3 Å². The predicted octanol–water partition coefficient (Wildman–Crippen LogP) is 2.01. The van der Waals surface area contributed by atoms with Gasteiger partial charge in [0, 0.05) is 6.54 Å². The number of alkyl halides is 3. The molecule has 0 aliphatic heterocycles. The van der Waals surface area contributed by atoms with E-state index in [0.29, 0.717) is 12.8 Å². The van der Waals surface area contributed by atoms with Crippen LogP contribution in [0.5, 0.6) is 0 Å². The number of nitrogens with two attached hydrogens (primary N) is 1. The van der Waals surface area contributed by atoms with Crippen molar-refractivity contribution in [1.82, 2.24) is 4.98 Å². The molecule has 4 N–H and O–H groups in total. The van der Waals surface area contributed by atoms with Crippen LogP contribution in [0.2, 0.25) is 0 Å². The van der Waals surface area contributed by atoms with Gasteiger partial charge in [0.05, 0.1) is 23.2 Å². The molecule has 0 radical (unpaired) electrons. The van der Waals surface area contributed by atoms with Gasteiger partial charge >= 0.3 is 6.18 Å². The number of nitrogens with zero attached hydrogens (tertiary/aromatic N) is 1. The van der Waals surface area contributed by atoms with Gasteiger partial charge in [0.15, 0.2) is 0 Å². The van der Waals surface area contributed by atoms with Gasteiger partial charge in [-0.15, -0.1) is 0 Å². The molecule has 1 aliphatic rings. The van der Waals surface area contributed by atoms with Crippen LogP contribution in [-0.4, -0.2) is 22.2 Å². The van der Waals surface area contributed by atoms with E-state index in [0.717, 1.165) is 18.7 Å². The van der Waals surface area contributed by atoms with Gasteiger partial charge in [0.25, 0.3) is 0 Å². The second-order valence-electron chi connectivity index (χ2n) is 4.59. The van der Waals surface area contributed by atoms with Crippen molar-refractivity contribution in [3.63, 3.8) is 0 Å². The first-order valence-electron chi connectivity index (χ1n) is 5.59. The third-order valence-electron chi connectivity index (χ3n) is 3.12. The Balaban J connectivity index is 2.11. The van der Waals surface area contributed by atoms with Crippen molar-refractivity contribution in [2.45, 2.75) is 31.0 Å². The first kappa shape index (κ1) is 12.9. The standard InChI is InChI=1S/C11H14F3N3O/c12-11(13,14)9-4-8(7(15)5-16-9)17-6-10(18)2-1-3-10/h4-5,18H,1-3,6,15H2,(H,16,17). The van der Waals surface area contributed by atoms with Crippen molar-refractivity contribution in [1.29, 1.82) is 0 Å². The zero-order chi connectivity index (χ0) is 13.4. The average Bonchev–Trinajstić information content (AvgIpc) is 2.24. The van der Waals surface area contributed by atoms with Crippen molar-refractivity contribution in [3.05, 3.63) is 18.0 Å². The molecule has 0 bridgehead atoms. The Bertz CT molecular complexity index is 444. The van der Waals surface area contributed by atoms with Gasteiger partial charge in [-0.25, -0.2) is 4.98 Å². The number of halogens is 3. The highest BCUT2D eigenvalue weighted by Gasteiger charge is 2.35. The smallest absolute Gasteiger partial charge is 0.396 e. The van der Waals surface area contributed by atoms with Crippen molar-refractivity contribution >= 4 is 11.4 Å². The molecule has 1 saturated carbocycles. The van der Waals surface area contributed by atoms with Gasteiger partial charge in [-0.05, 0) is 25.3 Å². The third-order valence-corrected chi connectivity index (χ3v) is 3.12. The number of pyridine rings is 1. The van der Waals surface area contributed by atoms with Crippen LogP contribution in [0.4, 0.5) is 24.5 Å². The predicted molar refractivity (Wildman–Crippen MR) is 60.9 cm³/mol. The fourth-order valence-corrected chi connectivity index (χ4v) is 1.80.